The van der Waals surface area contributed by atoms with Crippen molar-refractivity contribution in [1.82, 2.24) is 20.1 Å². The molecular formula is C19H27N5O2. The van der Waals surface area contributed by atoms with E-state index in [1.165, 1.54) is 19.3 Å². The standard InChI is InChI=1S/C19H27N5O2/c1-14(13-24-8-4-3-5-9-24)10-18(25)21-17-11-16(22-23-17)15-6-7-19(26-2)20-12-15/h6-7,11-12,14H,3-5,8-10,13H2,1-2H3,(H2,21,22,23,25). The molecule has 1 fully saturated rings. The molecule has 1 saturated heterocycles. The lowest BCUT2D eigenvalue weighted by Crippen LogP contribution is -2.34. The highest BCUT2D eigenvalue weighted by Gasteiger charge is 2.16. The topological polar surface area (TPSA) is 83.1 Å². The van der Waals surface area contributed by atoms with E-state index in [2.05, 4.69) is 32.3 Å². The maximum Gasteiger partial charge on any atom is 0.225 e. The number of carbonyl (C=O) groups is 1. The molecule has 1 atom stereocenters. The van der Waals surface area contributed by atoms with Crippen molar-refractivity contribution in [1.29, 1.82) is 0 Å². The fourth-order valence-corrected chi connectivity index (χ4v) is 3.35. The molecule has 3 heterocycles. The Morgan fingerprint density at radius 1 is 1.35 bits per heavy atom. The first kappa shape index (κ1) is 18.4. The van der Waals surface area contributed by atoms with Crippen LogP contribution in [-0.2, 0) is 4.79 Å². The molecule has 2 N–H and O–H groups in total. The van der Waals surface area contributed by atoms with Crippen molar-refractivity contribution in [2.24, 2.45) is 5.92 Å². The minimum Gasteiger partial charge on any atom is -0.481 e. The van der Waals surface area contributed by atoms with Crippen molar-refractivity contribution in [2.45, 2.75) is 32.6 Å². The van der Waals surface area contributed by atoms with Crippen LogP contribution in [0.2, 0.25) is 0 Å². The average Bonchev–Trinajstić information content (AvgIpc) is 3.10. The van der Waals surface area contributed by atoms with Crippen LogP contribution in [0, 0.1) is 5.92 Å². The SMILES string of the molecule is COc1ccc(-c2cc(NC(=O)CC(C)CN3CCCCC3)n[nH]2)cn1. The number of aromatic nitrogens is 3. The van der Waals surface area contributed by atoms with Gasteiger partial charge in [-0.3, -0.25) is 9.89 Å². The molecule has 0 aliphatic carbocycles. The molecule has 0 spiro atoms. The third-order valence-corrected chi connectivity index (χ3v) is 4.65. The van der Waals surface area contributed by atoms with Crippen molar-refractivity contribution in [3.05, 3.63) is 24.4 Å². The molecule has 1 unspecified atom stereocenters. The zero-order valence-electron chi connectivity index (χ0n) is 15.5. The van der Waals surface area contributed by atoms with Crippen LogP contribution < -0.4 is 10.1 Å². The number of nitrogens with one attached hydrogen (secondary N) is 2. The van der Waals surface area contributed by atoms with Crippen LogP contribution in [0.25, 0.3) is 11.3 Å². The summed E-state index contributed by atoms with van der Waals surface area (Å²) in [5.41, 5.74) is 1.69. The molecule has 2 aromatic rings. The minimum absolute atomic E-state index is 0.000385. The van der Waals surface area contributed by atoms with Crippen molar-refractivity contribution < 1.29 is 9.53 Å². The Labute approximate surface area is 154 Å². The smallest absolute Gasteiger partial charge is 0.225 e. The van der Waals surface area contributed by atoms with E-state index in [0.717, 1.165) is 30.9 Å². The number of hydrogen-bond acceptors (Lipinski definition) is 5. The molecule has 1 amide bonds. The van der Waals surface area contributed by atoms with Crippen molar-refractivity contribution in [2.75, 3.05) is 32.1 Å². The summed E-state index contributed by atoms with van der Waals surface area (Å²) in [6, 6.07) is 5.50. The number of pyridine rings is 1. The number of carbonyl (C=O) groups excluding carboxylic acids is 1. The number of aromatic amines is 1. The number of likely N-dealkylation sites (tertiary alicyclic amines) is 1. The van der Waals surface area contributed by atoms with Gasteiger partial charge in [-0.15, -0.1) is 0 Å². The first-order chi connectivity index (χ1) is 12.6. The van der Waals surface area contributed by atoms with Gasteiger partial charge in [-0.25, -0.2) is 4.98 Å². The summed E-state index contributed by atoms with van der Waals surface area (Å²) < 4.78 is 5.06. The van der Waals surface area contributed by atoms with Crippen LogP contribution >= 0.6 is 0 Å². The van der Waals surface area contributed by atoms with Crippen LogP contribution in [0.3, 0.4) is 0 Å². The fraction of sp³-hybridized carbons (Fsp3) is 0.526. The van der Waals surface area contributed by atoms with E-state index in [9.17, 15) is 4.79 Å². The molecule has 0 saturated carbocycles. The van der Waals surface area contributed by atoms with Crippen LogP contribution in [0.5, 0.6) is 5.88 Å². The lowest BCUT2D eigenvalue weighted by molar-refractivity contribution is -0.117. The maximum absolute atomic E-state index is 12.3. The second kappa shape index (κ2) is 8.80. The van der Waals surface area contributed by atoms with Crippen LogP contribution in [0.4, 0.5) is 5.82 Å². The predicted octanol–water partition coefficient (Wildman–Crippen LogP) is 2.93. The van der Waals surface area contributed by atoms with Crippen LogP contribution in [0.1, 0.15) is 32.6 Å². The molecule has 0 radical (unpaired) electrons. The largest absolute Gasteiger partial charge is 0.481 e. The molecule has 7 nitrogen and oxygen atoms in total. The normalized spacial score (nSPS) is 16.2. The summed E-state index contributed by atoms with van der Waals surface area (Å²) in [4.78, 5) is 18.9. The van der Waals surface area contributed by atoms with E-state index in [1.54, 1.807) is 19.4 Å². The van der Waals surface area contributed by atoms with Crippen molar-refractivity contribution in [3.63, 3.8) is 0 Å². The van der Waals surface area contributed by atoms with Gasteiger partial charge in [-0.05, 0) is 37.9 Å². The number of hydrogen-bond donors (Lipinski definition) is 2. The van der Waals surface area contributed by atoms with Crippen molar-refractivity contribution >= 4 is 11.7 Å². The van der Waals surface area contributed by atoms with E-state index in [-0.39, 0.29) is 5.91 Å². The Morgan fingerprint density at radius 3 is 2.85 bits per heavy atom. The predicted molar refractivity (Wildman–Crippen MR) is 101 cm³/mol. The Morgan fingerprint density at radius 2 is 2.15 bits per heavy atom. The summed E-state index contributed by atoms with van der Waals surface area (Å²) >= 11 is 0. The van der Waals surface area contributed by atoms with E-state index in [4.69, 9.17) is 4.74 Å². The molecule has 0 bridgehead atoms. The highest BCUT2D eigenvalue weighted by Crippen LogP contribution is 2.21. The van der Waals surface area contributed by atoms with Gasteiger partial charge < -0.3 is 15.0 Å². The molecule has 7 heteroatoms. The van der Waals surface area contributed by atoms with Gasteiger partial charge in [0, 0.05) is 36.9 Å². The van der Waals surface area contributed by atoms with Gasteiger partial charge in [0.05, 0.1) is 12.8 Å². The summed E-state index contributed by atoms with van der Waals surface area (Å²) in [7, 11) is 1.58. The van der Waals surface area contributed by atoms with Gasteiger partial charge >= 0.3 is 0 Å². The highest BCUT2D eigenvalue weighted by molar-refractivity contribution is 5.90. The number of methoxy groups -OCH3 is 1. The lowest BCUT2D eigenvalue weighted by Gasteiger charge is -2.28. The molecule has 1 aliphatic heterocycles. The Hall–Kier alpha value is -2.41. The van der Waals surface area contributed by atoms with Gasteiger partial charge in [0.15, 0.2) is 5.82 Å². The minimum atomic E-state index is 0.000385. The van der Waals surface area contributed by atoms with E-state index >= 15 is 0 Å². The molecule has 2 aromatic heterocycles. The number of ether oxygens (including phenoxy) is 1. The second-order valence-corrected chi connectivity index (χ2v) is 6.97. The van der Waals surface area contributed by atoms with Crippen LogP contribution in [-0.4, -0.2) is 52.7 Å². The second-order valence-electron chi connectivity index (χ2n) is 6.97. The summed E-state index contributed by atoms with van der Waals surface area (Å²) in [6.45, 7) is 5.43. The Kier molecular flexibility index (Phi) is 6.22. The van der Waals surface area contributed by atoms with Gasteiger partial charge in [0.1, 0.15) is 0 Å². The van der Waals surface area contributed by atoms with Gasteiger partial charge in [0.25, 0.3) is 0 Å². The zero-order valence-corrected chi connectivity index (χ0v) is 15.5. The first-order valence-electron chi connectivity index (χ1n) is 9.22. The molecule has 1 aliphatic rings. The van der Waals surface area contributed by atoms with Crippen molar-refractivity contribution in [3.8, 4) is 17.1 Å². The van der Waals surface area contributed by atoms with Gasteiger partial charge in [-0.1, -0.05) is 13.3 Å². The van der Waals surface area contributed by atoms with Gasteiger partial charge in [-0.2, -0.15) is 5.10 Å². The molecule has 0 aromatic carbocycles. The quantitative estimate of drug-likeness (QED) is 0.796. The lowest BCUT2D eigenvalue weighted by atomic mass is 10.0. The van der Waals surface area contributed by atoms with Gasteiger partial charge in [0.2, 0.25) is 11.8 Å². The number of nitrogens with zero attached hydrogens (tertiary/aromatic N) is 3. The third-order valence-electron chi connectivity index (χ3n) is 4.65. The van der Waals surface area contributed by atoms with E-state index in [1.807, 2.05) is 12.1 Å². The number of piperidine rings is 1. The molecule has 26 heavy (non-hydrogen) atoms. The number of amides is 1. The number of rotatable bonds is 7. The van der Waals surface area contributed by atoms with Crippen LogP contribution in [0.15, 0.2) is 24.4 Å². The van der Waals surface area contributed by atoms with E-state index in [0.29, 0.717) is 24.0 Å². The monoisotopic (exact) mass is 357 g/mol. The molecular weight excluding hydrogens is 330 g/mol. The third kappa shape index (κ3) is 5.05. The van der Waals surface area contributed by atoms with E-state index < -0.39 is 0 Å². The summed E-state index contributed by atoms with van der Waals surface area (Å²) in [6.07, 6.45) is 6.09. The average molecular weight is 357 g/mol. The highest BCUT2D eigenvalue weighted by atomic mass is 16.5. The zero-order chi connectivity index (χ0) is 18.4. The number of anilines is 1. The Bertz CT molecular complexity index is 707. The summed E-state index contributed by atoms with van der Waals surface area (Å²) in [5, 5.41) is 9.98. The number of H-pyrrole nitrogens is 1. The molecule has 140 valence electrons. The Balaban J connectivity index is 1.50. The fourth-order valence-electron chi connectivity index (χ4n) is 3.35. The molecule has 3 rings (SSSR count). The summed E-state index contributed by atoms with van der Waals surface area (Å²) in [5.74, 6) is 1.42. The first-order valence-corrected chi connectivity index (χ1v) is 9.22. The maximum atomic E-state index is 12.3.